The van der Waals surface area contributed by atoms with E-state index in [2.05, 4.69) is 11.0 Å². The molecule has 4 rings (SSSR count). The molecule has 35 heavy (non-hydrogen) atoms. The lowest BCUT2D eigenvalue weighted by Gasteiger charge is -2.31. The van der Waals surface area contributed by atoms with Gasteiger partial charge in [-0.1, -0.05) is 121 Å². The lowest BCUT2D eigenvalue weighted by atomic mass is 9.73. The topological polar surface area (TPSA) is 76.7 Å². The summed E-state index contributed by atoms with van der Waals surface area (Å²) in [5, 5.41) is 0. The molecule has 0 heterocycles. The molecule has 2 amide bonds. The molecule has 0 aliphatic heterocycles. The SMILES string of the molecule is O=C(NOCc1ccccc1)C(C(=O)NOCc1ccccc1)(c1ccccc1)c1ccccc1. The van der Waals surface area contributed by atoms with Crippen molar-refractivity contribution in [3.63, 3.8) is 0 Å². The Kier molecular flexibility index (Phi) is 8.01. The van der Waals surface area contributed by atoms with Gasteiger partial charge in [0.2, 0.25) is 0 Å². The van der Waals surface area contributed by atoms with Gasteiger partial charge in [-0.3, -0.25) is 19.3 Å². The van der Waals surface area contributed by atoms with Crippen molar-refractivity contribution in [3.8, 4) is 0 Å². The number of carbonyl (C=O) groups excluding carboxylic acids is 2. The normalized spacial score (nSPS) is 11.0. The summed E-state index contributed by atoms with van der Waals surface area (Å²) in [6, 6.07) is 36.6. The second kappa shape index (κ2) is 11.7. The number of hydrogen-bond donors (Lipinski definition) is 2. The molecule has 4 aromatic carbocycles. The molecular weight excluding hydrogens is 440 g/mol. The third-order valence-corrected chi connectivity index (χ3v) is 5.59. The molecule has 0 spiro atoms. The molecule has 0 aromatic heterocycles. The van der Waals surface area contributed by atoms with E-state index >= 15 is 0 Å². The van der Waals surface area contributed by atoms with Crippen molar-refractivity contribution in [1.82, 2.24) is 11.0 Å². The molecule has 6 nitrogen and oxygen atoms in total. The molecule has 4 aromatic rings. The maximum absolute atomic E-state index is 13.8. The molecule has 176 valence electrons. The Morgan fingerprint density at radius 3 is 1.17 bits per heavy atom. The van der Waals surface area contributed by atoms with E-state index in [1.54, 1.807) is 48.5 Å². The van der Waals surface area contributed by atoms with E-state index in [4.69, 9.17) is 9.68 Å². The minimum absolute atomic E-state index is 0.151. The van der Waals surface area contributed by atoms with Gasteiger partial charge in [-0.2, -0.15) is 0 Å². The summed E-state index contributed by atoms with van der Waals surface area (Å²) in [6.45, 7) is 0.302. The first-order valence-corrected chi connectivity index (χ1v) is 11.2. The Labute approximate surface area is 204 Å². The maximum Gasteiger partial charge on any atom is 0.268 e. The first kappa shape index (κ1) is 23.9. The smallest absolute Gasteiger partial charge is 0.268 e. The highest BCUT2D eigenvalue weighted by atomic mass is 16.7. The van der Waals surface area contributed by atoms with Crippen molar-refractivity contribution >= 4 is 11.8 Å². The fourth-order valence-corrected chi connectivity index (χ4v) is 3.84. The summed E-state index contributed by atoms with van der Waals surface area (Å²) in [5.74, 6) is -1.27. The molecule has 0 saturated carbocycles. The van der Waals surface area contributed by atoms with Gasteiger partial charge in [-0.15, -0.1) is 0 Å². The minimum atomic E-state index is -1.75. The second-order valence-corrected chi connectivity index (χ2v) is 7.89. The van der Waals surface area contributed by atoms with E-state index in [0.717, 1.165) is 11.1 Å². The van der Waals surface area contributed by atoms with Crippen molar-refractivity contribution in [2.45, 2.75) is 18.6 Å². The first-order valence-electron chi connectivity index (χ1n) is 11.2. The minimum Gasteiger partial charge on any atom is -0.271 e. The maximum atomic E-state index is 13.8. The zero-order valence-corrected chi connectivity index (χ0v) is 19.1. The standard InChI is InChI=1S/C29H26N2O4/c32-27(30-34-21-23-13-5-1-6-14-23)29(25-17-9-3-10-18-25,26-19-11-4-12-20-26)28(33)31-35-22-24-15-7-2-8-16-24/h1-20H,21-22H2,(H,30,32)(H,31,33). The predicted molar refractivity (Wildman–Crippen MR) is 132 cm³/mol. The van der Waals surface area contributed by atoms with Gasteiger partial charge in [0, 0.05) is 0 Å². The van der Waals surface area contributed by atoms with E-state index in [0.29, 0.717) is 11.1 Å². The summed E-state index contributed by atoms with van der Waals surface area (Å²) in [5.41, 5.74) is 5.98. The van der Waals surface area contributed by atoms with Crippen LogP contribution in [0.15, 0.2) is 121 Å². The number of amides is 2. The Bertz CT molecular complexity index is 1120. The number of nitrogens with one attached hydrogen (secondary N) is 2. The Hall–Kier alpha value is -4.26. The average molecular weight is 467 g/mol. The quantitative estimate of drug-likeness (QED) is 0.267. The molecule has 0 radical (unpaired) electrons. The molecular formula is C29H26N2O4. The molecule has 2 N–H and O–H groups in total. The molecule has 0 aliphatic rings. The van der Waals surface area contributed by atoms with Crippen LogP contribution in [0.2, 0.25) is 0 Å². The Morgan fingerprint density at radius 2 is 0.829 bits per heavy atom. The number of benzene rings is 4. The fourth-order valence-electron chi connectivity index (χ4n) is 3.84. The van der Waals surface area contributed by atoms with Crippen LogP contribution < -0.4 is 11.0 Å². The molecule has 0 bridgehead atoms. The summed E-state index contributed by atoms with van der Waals surface area (Å²) in [7, 11) is 0. The average Bonchev–Trinajstić information content (AvgIpc) is 2.92. The lowest BCUT2D eigenvalue weighted by Crippen LogP contribution is -2.55. The van der Waals surface area contributed by atoms with Gasteiger partial charge in [-0.05, 0) is 22.3 Å². The van der Waals surface area contributed by atoms with Gasteiger partial charge >= 0.3 is 0 Å². The third kappa shape index (κ3) is 5.63. The van der Waals surface area contributed by atoms with Crippen molar-refractivity contribution in [2.24, 2.45) is 0 Å². The Balaban J connectivity index is 1.63. The van der Waals surface area contributed by atoms with Gasteiger partial charge in [0.15, 0.2) is 5.41 Å². The lowest BCUT2D eigenvalue weighted by molar-refractivity contribution is -0.151. The zero-order valence-electron chi connectivity index (χ0n) is 19.1. The van der Waals surface area contributed by atoms with E-state index in [-0.39, 0.29) is 13.2 Å². The van der Waals surface area contributed by atoms with E-state index in [9.17, 15) is 9.59 Å². The molecule has 6 heteroatoms. The van der Waals surface area contributed by atoms with Crippen LogP contribution >= 0.6 is 0 Å². The monoisotopic (exact) mass is 466 g/mol. The largest absolute Gasteiger partial charge is 0.271 e. The van der Waals surface area contributed by atoms with E-state index < -0.39 is 17.2 Å². The van der Waals surface area contributed by atoms with Crippen molar-refractivity contribution in [3.05, 3.63) is 144 Å². The number of hydrogen-bond acceptors (Lipinski definition) is 4. The van der Waals surface area contributed by atoms with Crippen LogP contribution in [0, 0.1) is 0 Å². The molecule has 0 saturated heterocycles. The number of hydroxylamine groups is 2. The van der Waals surface area contributed by atoms with Crippen molar-refractivity contribution in [1.29, 1.82) is 0 Å². The highest BCUT2D eigenvalue weighted by Gasteiger charge is 2.50. The second-order valence-electron chi connectivity index (χ2n) is 7.89. The third-order valence-electron chi connectivity index (χ3n) is 5.59. The van der Waals surface area contributed by atoms with Crippen LogP contribution in [0.25, 0.3) is 0 Å². The molecule has 0 atom stereocenters. The summed E-state index contributed by atoms with van der Waals surface area (Å²) >= 11 is 0. The van der Waals surface area contributed by atoms with Gasteiger partial charge in [0.25, 0.3) is 11.8 Å². The van der Waals surface area contributed by atoms with Crippen LogP contribution in [0.1, 0.15) is 22.3 Å². The van der Waals surface area contributed by atoms with Crippen LogP contribution in [-0.2, 0) is 37.9 Å². The summed E-state index contributed by atoms with van der Waals surface area (Å²) < 4.78 is 0. The molecule has 0 fully saturated rings. The van der Waals surface area contributed by atoms with Gasteiger partial charge in [0.05, 0.1) is 13.2 Å². The molecule has 0 unspecified atom stereocenters. The first-order chi connectivity index (χ1) is 17.2. The van der Waals surface area contributed by atoms with Crippen molar-refractivity contribution < 1.29 is 19.3 Å². The predicted octanol–water partition coefficient (Wildman–Crippen LogP) is 4.47. The summed E-state index contributed by atoms with van der Waals surface area (Å²) in [4.78, 5) is 38.6. The highest BCUT2D eigenvalue weighted by Crippen LogP contribution is 2.33. The fraction of sp³-hybridized carbons (Fsp3) is 0.103. The number of rotatable bonds is 10. The van der Waals surface area contributed by atoms with Gasteiger partial charge in [0.1, 0.15) is 0 Å². The van der Waals surface area contributed by atoms with Crippen LogP contribution in [0.5, 0.6) is 0 Å². The zero-order chi connectivity index (χ0) is 24.3. The highest BCUT2D eigenvalue weighted by molar-refractivity contribution is 6.13. The summed E-state index contributed by atoms with van der Waals surface area (Å²) in [6.07, 6.45) is 0. The van der Waals surface area contributed by atoms with Crippen LogP contribution in [0.3, 0.4) is 0 Å². The van der Waals surface area contributed by atoms with Crippen LogP contribution in [0.4, 0.5) is 0 Å². The van der Waals surface area contributed by atoms with Crippen molar-refractivity contribution in [2.75, 3.05) is 0 Å². The van der Waals surface area contributed by atoms with Gasteiger partial charge < -0.3 is 0 Å². The number of carbonyl (C=O) groups is 2. The van der Waals surface area contributed by atoms with Crippen LogP contribution in [-0.4, -0.2) is 11.8 Å². The van der Waals surface area contributed by atoms with E-state index in [1.165, 1.54) is 0 Å². The van der Waals surface area contributed by atoms with E-state index in [1.807, 2.05) is 72.8 Å². The Morgan fingerprint density at radius 1 is 0.514 bits per heavy atom. The molecule has 0 aliphatic carbocycles. The van der Waals surface area contributed by atoms with Gasteiger partial charge in [-0.25, -0.2) is 11.0 Å².